The third kappa shape index (κ3) is 14.3. The Labute approximate surface area is 148 Å². The van der Waals surface area contributed by atoms with Crippen molar-refractivity contribution in [2.24, 2.45) is 11.6 Å². The van der Waals surface area contributed by atoms with Crippen molar-refractivity contribution < 1.29 is 23.9 Å². The lowest BCUT2D eigenvalue weighted by Crippen LogP contribution is -2.45. The second-order valence-corrected chi connectivity index (χ2v) is 5.34. The van der Waals surface area contributed by atoms with E-state index in [1.807, 2.05) is 0 Å². The van der Waals surface area contributed by atoms with Crippen LogP contribution < -0.4 is 27.6 Å². The lowest BCUT2D eigenvalue weighted by Gasteiger charge is -2.11. The molecule has 0 rings (SSSR count). The molecule has 10 heteroatoms. The molecule has 0 fully saturated rings. The van der Waals surface area contributed by atoms with E-state index in [-0.39, 0.29) is 18.4 Å². The van der Waals surface area contributed by atoms with Crippen LogP contribution in [-0.4, -0.2) is 63.3 Å². The number of nitrogens with two attached hydrogens (primary N) is 2. The first kappa shape index (κ1) is 23.2. The lowest BCUT2D eigenvalue weighted by atomic mass is 10.1. The van der Waals surface area contributed by atoms with Gasteiger partial charge in [-0.1, -0.05) is 6.92 Å². The molecule has 10 nitrogen and oxygen atoms in total. The number of hydrazine groups is 1. The highest BCUT2D eigenvalue weighted by Gasteiger charge is 2.11. The van der Waals surface area contributed by atoms with Gasteiger partial charge in [-0.3, -0.25) is 20.2 Å². The van der Waals surface area contributed by atoms with E-state index in [4.69, 9.17) is 21.1 Å². The van der Waals surface area contributed by atoms with Gasteiger partial charge in [0.2, 0.25) is 17.7 Å². The monoisotopic (exact) mass is 361 g/mol. The predicted octanol–water partition coefficient (Wildman–Crippen LogP) is -1.85. The van der Waals surface area contributed by atoms with Gasteiger partial charge in [-0.05, 0) is 19.3 Å². The minimum atomic E-state index is -0.547. The number of hydrogen-bond donors (Lipinski definition) is 5. The molecule has 0 heterocycles. The fourth-order valence-corrected chi connectivity index (χ4v) is 1.83. The molecule has 7 N–H and O–H groups in total. The molecule has 0 spiro atoms. The summed E-state index contributed by atoms with van der Waals surface area (Å²) in [4.78, 5) is 33.4. The highest BCUT2D eigenvalue weighted by atomic mass is 16.5. The molecule has 0 saturated heterocycles. The summed E-state index contributed by atoms with van der Waals surface area (Å²) in [6.45, 7) is 3.77. The van der Waals surface area contributed by atoms with Crippen molar-refractivity contribution in [3.63, 3.8) is 0 Å². The first-order valence-electron chi connectivity index (χ1n) is 8.45. The number of hydrogen-bond acceptors (Lipinski definition) is 7. The molecule has 0 saturated carbocycles. The standard InChI is InChI=1S/C15H31N5O5/c1-2-13(21)19-7-8-24-9-10-25-11-14(22)18-6-4-3-5-12(20-17)15(16)23/h12,20H,2-11,17H2,1H3,(H2,16,23)(H,18,22)(H,19,21)/t12-/m0/s1. The average Bonchev–Trinajstić information content (AvgIpc) is 2.59. The van der Waals surface area contributed by atoms with Crippen molar-refractivity contribution in [3.05, 3.63) is 0 Å². The molecule has 0 aliphatic rings. The average molecular weight is 361 g/mol. The van der Waals surface area contributed by atoms with Crippen molar-refractivity contribution >= 4 is 17.7 Å². The smallest absolute Gasteiger partial charge is 0.245 e. The predicted molar refractivity (Wildman–Crippen MR) is 92.1 cm³/mol. The molecule has 25 heavy (non-hydrogen) atoms. The number of primary amides is 1. The molecule has 0 aromatic rings. The molecule has 0 aliphatic heterocycles. The fraction of sp³-hybridized carbons (Fsp3) is 0.800. The van der Waals surface area contributed by atoms with Crippen LogP contribution in [0.15, 0.2) is 0 Å². The quantitative estimate of drug-likeness (QED) is 0.123. The van der Waals surface area contributed by atoms with Gasteiger partial charge in [0, 0.05) is 19.5 Å². The lowest BCUT2D eigenvalue weighted by molar-refractivity contribution is -0.126. The van der Waals surface area contributed by atoms with Crippen LogP contribution >= 0.6 is 0 Å². The summed E-state index contributed by atoms with van der Waals surface area (Å²) in [7, 11) is 0. The van der Waals surface area contributed by atoms with Crippen LogP contribution in [0.2, 0.25) is 0 Å². The number of carbonyl (C=O) groups excluding carboxylic acids is 3. The Morgan fingerprint density at radius 1 is 0.960 bits per heavy atom. The topological polar surface area (TPSA) is 158 Å². The minimum Gasteiger partial charge on any atom is -0.377 e. The molecular formula is C15H31N5O5. The Kier molecular flexibility index (Phi) is 14.7. The molecular weight excluding hydrogens is 330 g/mol. The summed E-state index contributed by atoms with van der Waals surface area (Å²) >= 11 is 0. The molecule has 0 aromatic carbocycles. The zero-order valence-electron chi connectivity index (χ0n) is 14.8. The highest BCUT2D eigenvalue weighted by Crippen LogP contribution is 1.99. The van der Waals surface area contributed by atoms with Crippen molar-refractivity contribution in [1.82, 2.24) is 16.1 Å². The van der Waals surface area contributed by atoms with E-state index in [9.17, 15) is 14.4 Å². The van der Waals surface area contributed by atoms with Crippen molar-refractivity contribution in [1.29, 1.82) is 0 Å². The van der Waals surface area contributed by atoms with Crippen LogP contribution in [0.25, 0.3) is 0 Å². The van der Waals surface area contributed by atoms with Crippen molar-refractivity contribution in [3.8, 4) is 0 Å². The van der Waals surface area contributed by atoms with Gasteiger partial charge >= 0.3 is 0 Å². The summed E-state index contributed by atoms with van der Waals surface area (Å²) in [6, 6.07) is -0.547. The number of unbranched alkanes of at least 4 members (excludes halogenated alkanes) is 1. The maximum Gasteiger partial charge on any atom is 0.245 e. The summed E-state index contributed by atoms with van der Waals surface area (Å²) < 4.78 is 10.4. The van der Waals surface area contributed by atoms with Crippen LogP contribution in [0, 0.1) is 0 Å². The van der Waals surface area contributed by atoms with Gasteiger partial charge < -0.3 is 25.8 Å². The van der Waals surface area contributed by atoms with E-state index in [1.54, 1.807) is 6.92 Å². The van der Waals surface area contributed by atoms with E-state index in [2.05, 4.69) is 16.1 Å². The summed E-state index contributed by atoms with van der Waals surface area (Å²) in [5, 5.41) is 5.40. The second kappa shape index (κ2) is 15.8. The van der Waals surface area contributed by atoms with Gasteiger partial charge in [-0.25, -0.2) is 5.43 Å². The van der Waals surface area contributed by atoms with Crippen LogP contribution in [0.4, 0.5) is 0 Å². The maximum absolute atomic E-state index is 11.5. The Morgan fingerprint density at radius 3 is 2.28 bits per heavy atom. The largest absolute Gasteiger partial charge is 0.377 e. The summed E-state index contributed by atoms with van der Waals surface area (Å²) in [5.74, 6) is 4.48. The van der Waals surface area contributed by atoms with Gasteiger partial charge in [0.25, 0.3) is 0 Å². The van der Waals surface area contributed by atoms with Crippen LogP contribution in [0.5, 0.6) is 0 Å². The maximum atomic E-state index is 11.5. The summed E-state index contributed by atoms with van der Waals surface area (Å²) in [5.41, 5.74) is 7.49. The Bertz CT molecular complexity index is 395. The zero-order valence-corrected chi connectivity index (χ0v) is 14.8. The van der Waals surface area contributed by atoms with Gasteiger partial charge in [0.05, 0.1) is 25.9 Å². The SMILES string of the molecule is CCC(=O)NCCOCCOCC(=O)NCCCC[C@H](NN)C(N)=O. The van der Waals surface area contributed by atoms with Gasteiger partial charge in [-0.2, -0.15) is 0 Å². The van der Waals surface area contributed by atoms with Crippen LogP contribution in [0.3, 0.4) is 0 Å². The number of nitrogens with one attached hydrogen (secondary N) is 3. The van der Waals surface area contributed by atoms with Crippen molar-refractivity contribution in [2.75, 3.05) is 39.5 Å². The van der Waals surface area contributed by atoms with Gasteiger partial charge in [-0.15, -0.1) is 0 Å². The van der Waals surface area contributed by atoms with E-state index in [1.165, 1.54) is 0 Å². The molecule has 0 bridgehead atoms. The Hall–Kier alpha value is -1.75. The third-order valence-electron chi connectivity index (χ3n) is 3.28. The molecule has 1 atom stereocenters. The highest BCUT2D eigenvalue weighted by molar-refractivity contribution is 5.79. The normalized spacial score (nSPS) is 11.8. The number of rotatable bonds is 16. The van der Waals surface area contributed by atoms with Crippen LogP contribution in [0.1, 0.15) is 32.6 Å². The Balaban J connectivity index is 3.39. The molecule has 0 unspecified atom stereocenters. The summed E-state index contributed by atoms with van der Waals surface area (Å²) in [6.07, 6.45) is 2.40. The molecule has 0 radical (unpaired) electrons. The van der Waals surface area contributed by atoms with E-state index >= 15 is 0 Å². The van der Waals surface area contributed by atoms with E-state index in [0.29, 0.717) is 58.6 Å². The molecule has 0 aromatic heterocycles. The first-order valence-corrected chi connectivity index (χ1v) is 8.45. The zero-order chi connectivity index (χ0) is 18.9. The van der Waals surface area contributed by atoms with E-state index < -0.39 is 11.9 Å². The number of amides is 3. The third-order valence-corrected chi connectivity index (χ3v) is 3.28. The molecule has 3 amide bonds. The van der Waals surface area contributed by atoms with Gasteiger partial charge in [0.15, 0.2) is 0 Å². The molecule has 0 aliphatic carbocycles. The van der Waals surface area contributed by atoms with Crippen molar-refractivity contribution in [2.45, 2.75) is 38.6 Å². The Morgan fingerprint density at radius 2 is 1.64 bits per heavy atom. The van der Waals surface area contributed by atoms with E-state index in [0.717, 1.165) is 0 Å². The van der Waals surface area contributed by atoms with Gasteiger partial charge in [0.1, 0.15) is 6.61 Å². The van der Waals surface area contributed by atoms with Crippen LogP contribution in [-0.2, 0) is 23.9 Å². The second-order valence-electron chi connectivity index (χ2n) is 5.34. The number of ether oxygens (including phenoxy) is 2. The molecule has 146 valence electrons. The number of carbonyl (C=O) groups is 3. The fourth-order valence-electron chi connectivity index (χ4n) is 1.83. The first-order chi connectivity index (χ1) is 12.0. The minimum absolute atomic E-state index is 0.0130.